The Morgan fingerprint density at radius 1 is 0.953 bits per heavy atom. The minimum absolute atomic E-state index is 0.00533. The van der Waals surface area contributed by atoms with Gasteiger partial charge in [0.25, 0.3) is 0 Å². The van der Waals surface area contributed by atoms with Gasteiger partial charge in [0.15, 0.2) is 5.78 Å². The number of anilines is 1. The first-order valence-corrected chi connectivity index (χ1v) is 14.0. The highest BCUT2D eigenvalue weighted by Crippen LogP contribution is 2.36. The van der Waals surface area contributed by atoms with Crippen LogP contribution in [0.4, 0.5) is 18.9 Å². The van der Waals surface area contributed by atoms with Crippen LogP contribution in [0.1, 0.15) is 46.3 Å². The molecule has 4 rings (SSSR count). The summed E-state index contributed by atoms with van der Waals surface area (Å²) in [5.41, 5.74) is 6.86. The van der Waals surface area contributed by atoms with Crippen molar-refractivity contribution in [3.8, 4) is 0 Å². The molecule has 3 aromatic carbocycles. The van der Waals surface area contributed by atoms with E-state index in [2.05, 4.69) is 10.6 Å². The first-order chi connectivity index (χ1) is 20.5. The van der Waals surface area contributed by atoms with E-state index in [-0.39, 0.29) is 50.2 Å². The average Bonchev–Trinajstić information content (AvgIpc) is 2.98. The van der Waals surface area contributed by atoms with E-state index in [1.54, 1.807) is 30.3 Å². The highest BCUT2D eigenvalue weighted by atomic mass is 35.5. The Morgan fingerprint density at radius 3 is 2.28 bits per heavy atom. The number of nitrogens with one attached hydrogen (secondary N) is 2. The van der Waals surface area contributed by atoms with Crippen molar-refractivity contribution < 1.29 is 32.3 Å². The fourth-order valence-corrected chi connectivity index (χ4v) is 5.19. The second kappa shape index (κ2) is 13.8. The maximum absolute atomic E-state index is 13.6. The molecular weight excluding hydrogens is 585 g/mol. The Balaban J connectivity index is 1.48. The summed E-state index contributed by atoms with van der Waals surface area (Å²) in [4.78, 5) is 54.1. The van der Waals surface area contributed by atoms with E-state index < -0.39 is 46.6 Å². The van der Waals surface area contributed by atoms with Crippen molar-refractivity contribution in [2.24, 2.45) is 5.73 Å². The van der Waals surface area contributed by atoms with Crippen LogP contribution in [0.5, 0.6) is 0 Å². The predicted octanol–water partition coefficient (Wildman–Crippen LogP) is 4.75. The van der Waals surface area contributed by atoms with Crippen molar-refractivity contribution in [1.82, 2.24) is 10.2 Å². The molecule has 3 aromatic rings. The smallest absolute Gasteiger partial charge is 0.342 e. The van der Waals surface area contributed by atoms with Crippen LogP contribution in [0, 0.1) is 0 Å². The molecular formula is C31H30ClF3N4O4. The number of alkyl halides is 3. The van der Waals surface area contributed by atoms with Gasteiger partial charge in [0.1, 0.15) is 12.1 Å². The number of halogens is 4. The third-order valence-corrected chi connectivity index (χ3v) is 7.48. The van der Waals surface area contributed by atoms with E-state index in [0.29, 0.717) is 5.56 Å². The van der Waals surface area contributed by atoms with Crippen molar-refractivity contribution in [3.63, 3.8) is 0 Å². The van der Waals surface area contributed by atoms with E-state index in [9.17, 15) is 32.3 Å². The summed E-state index contributed by atoms with van der Waals surface area (Å²) < 4.78 is 39.2. The number of hydrogen-bond acceptors (Lipinski definition) is 5. The van der Waals surface area contributed by atoms with Crippen molar-refractivity contribution in [2.75, 3.05) is 11.9 Å². The van der Waals surface area contributed by atoms with Crippen LogP contribution in [-0.2, 0) is 33.5 Å². The number of ketones is 1. The lowest BCUT2D eigenvalue weighted by molar-refractivity contribution is -0.142. The van der Waals surface area contributed by atoms with E-state index >= 15 is 0 Å². The largest absolute Gasteiger partial charge is 0.417 e. The summed E-state index contributed by atoms with van der Waals surface area (Å²) in [5, 5.41) is 4.54. The lowest BCUT2D eigenvalue weighted by atomic mass is 9.92. The van der Waals surface area contributed by atoms with Crippen LogP contribution in [0.15, 0.2) is 72.8 Å². The summed E-state index contributed by atoms with van der Waals surface area (Å²) in [6.07, 6.45) is -4.60. The van der Waals surface area contributed by atoms with Crippen molar-refractivity contribution in [3.05, 3.63) is 100 Å². The number of nitrogens with zero attached hydrogens (tertiary/aromatic N) is 1. The molecule has 2 atom stereocenters. The standard InChI is InChI=1S/C31H30ClF3N4O4/c32-24-17-22(10-11-23(24)31(33,34)35)37-29(42)25(14-15-36)38-30(43)26-16-20-8-4-5-9-21(20)18-39(26)28(41)13-12-27(40)19-6-2-1-3-7-19/h1-11,17,25-26H,12-16,18,36H2,(H,37,42)(H,38,43)/t25-,26-/m0/s1. The number of Topliss-reactive ketones (excluding diaryl/α,β-unsaturated/α-hetero) is 1. The molecule has 0 aliphatic carbocycles. The Morgan fingerprint density at radius 2 is 1.63 bits per heavy atom. The van der Waals surface area contributed by atoms with Gasteiger partial charge >= 0.3 is 6.18 Å². The number of carbonyl (C=O) groups excluding carboxylic acids is 4. The van der Waals surface area contributed by atoms with Gasteiger partial charge in [-0.2, -0.15) is 13.2 Å². The van der Waals surface area contributed by atoms with Gasteiger partial charge in [-0.1, -0.05) is 66.2 Å². The molecule has 0 radical (unpaired) electrons. The number of hydrogen-bond donors (Lipinski definition) is 3. The van der Waals surface area contributed by atoms with E-state index in [0.717, 1.165) is 29.3 Å². The number of benzene rings is 3. The van der Waals surface area contributed by atoms with Gasteiger partial charge < -0.3 is 21.3 Å². The molecule has 1 aliphatic heterocycles. The molecule has 1 aliphatic rings. The number of amides is 3. The topological polar surface area (TPSA) is 122 Å². The summed E-state index contributed by atoms with van der Waals surface area (Å²) in [5.74, 6) is -1.90. The van der Waals surface area contributed by atoms with E-state index in [4.69, 9.17) is 17.3 Å². The van der Waals surface area contributed by atoms with Crippen LogP contribution in [0.3, 0.4) is 0 Å². The van der Waals surface area contributed by atoms with Gasteiger partial charge in [-0.3, -0.25) is 19.2 Å². The SMILES string of the molecule is NCC[C@H](NC(=O)[C@@H]1Cc2ccccc2CN1C(=O)CCC(=O)c1ccccc1)C(=O)Nc1ccc(C(F)(F)F)c(Cl)c1. The maximum Gasteiger partial charge on any atom is 0.417 e. The molecule has 0 aromatic heterocycles. The zero-order valence-corrected chi connectivity index (χ0v) is 23.8. The normalized spacial score (nSPS) is 15.3. The van der Waals surface area contributed by atoms with E-state index in [1.165, 1.54) is 4.90 Å². The number of nitrogens with two attached hydrogens (primary N) is 1. The van der Waals surface area contributed by atoms with Crippen LogP contribution in [0.2, 0.25) is 5.02 Å². The van der Waals surface area contributed by atoms with Gasteiger partial charge in [0.05, 0.1) is 10.6 Å². The van der Waals surface area contributed by atoms with Gasteiger partial charge in [-0.15, -0.1) is 0 Å². The molecule has 8 nitrogen and oxygen atoms in total. The third-order valence-electron chi connectivity index (χ3n) is 7.16. The monoisotopic (exact) mass is 614 g/mol. The Labute approximate surface area is 251 Å². The number of fused-ring (bicyclic) bond motifs is 1. The Hall–Kier alpha value is -4.22. The number of carbonyl (C=O) groups is 4. The lowest BCUT2D eigenvalue weighted by Gasteiger charge is -2.36. The van der Waals surface area contributed by atoms with Gasteiger partial charge in [0.2, 0.25) is 17.7 Å². The van der Waals surface area contributed by atoms with Crippen molar-refractivity contribution in [2.45, 2.75) is 50.5 Å². The highest BCUT2D eigenvalue weighted by molar-refractivity contribution is 6.31. The molecule has 0 saturated carbocycles. The third kappa shape index (κ3) is 7.99. The zero-order valence-electron chi connectivity index (χ0n) is 23.0. The second-order valence-electron chi connectivity index (χ2n) is 10.1. The van der Waals surface area contributed by atoms with Crippen LogP contribution < -0.4 is 16.4 Å². The molecule has 1 heterocycles. The van der Waals surface area contributed by atoms with Crippen LogP contribution >= 0.6 is 11.6 Å². The first kappa shape index (κ1) is 31.7. The summed E-state index contributed by atoms with van der Waals surface area (Å²) in [6.45, 7) is 0.161. The molecule has 43 heavy (non-hydrogen) atoms. The molecule has 0 saturated heterocycles. The van der Waals surface area contributed by atoms with Gasteiger partial charge in [0, 0.05) is 37.1 Å². The van der Waals surface area contributed by atoms with E-state index in [1.807, 2.05) is 24.3 Å². The van der Waals surface area contributed by atoms with Crippen LogP contribution in [-0.4, -0.2) is 47.0 Å². The molecule has 0 fully saturated rings. The maximum atomic E-state index is 13.6. The molecule has 226 valence electrons. The lowest BCUT2D eigenvalue weighted by Crippen LogP contribution is -2.56. The summed E-state index contributed by atoms with van der Waals surface area (Å²) in [7, 11) is 0. The zero-order chi connectivity index (χ0) is 31.1. The predicted molar refractivity (Wildman–Crippen MR) is 155 cm³/mol. The number of rotatable bonds is 10. The minimum atomic E-state index is -4.66. The highest BCUT2D eigenvalue weighted by Gasteiger charge is 2.36. The fourth-order valence-electron chi connectivity index (χ4n) is 4.91. The summed E-state index contributed by atoms with van der Waals surface area (Å²) in [6, 6.07) is 16.6. The van der Waals surface area contributed by atoms with Gasteiger partial charge in [-0.05, 0) is 42.3 Å². The molecule has 0 spiro atoms. The Kier molecular flexibility index (Phi) is 10.2. The second-order valence-corrected chi connectivity index (χ2v) is 10.5. The summed E-state index contributed by atoms with van der Waals surface area (Å²) >= 11 is 5.77. The average molecular weight is 615 g/mol. The molecule has 0 unspecified atom stereocenters. The van der Waals surface area contributed by atoms with Crippen molar-refractivity contribution in [1.29, 1.82) is 0 Å². The minimum Gasteiger partial charge on any atom is -0.342 e. The van der Waals surface area contributed by atoms with Crippen LogP contribution in [0.25, 0.3) is 0 Å². The Bertz CT molecular complexity index is 1500. The quantitative estimate of drug-likeness (QED) is 0.285. The van der Waals surface area contributed by atoms with Crippen molar-refractivity contribution >= 4 is 40.8 Å². The first-order valence-electron chi connectivity index (χ1n) is 13.6. The molecule has 3 amide bonds. The molecule has 4 N–H and O–H groups in total. The van der Waals surface area contributed by atoms with Gasteiger partial charge in [-0.25, -0.2) is 0 Å². The molecule has 12 heteroatoms. The fraction of sp³-hybridized carbons (Fsp3) is 0.290. The molecule has 0 bridgehead atoms.